The Hall–Kier alpha value is -3.87. The van der Waals surface area contributed by atoms with Crippen LogP contribution in [0.5, 0.6) is 5.75 Å². The highest BCUT2D eigenvalue weighted by molar-refractivity contribution is 6.04. The molecule has 0 spiro atoms. The summed E-state index contributed by atoms with van der Waals surface area (Å²) in [6.07, 6.45) is 8.56. The maximum Gasteiger partial charge on any atom is 0.255 e. The molecular weight excluding hydrogens is 660 g/mol. The van der Waals surface area contributed by atoms with Gasteiger partial charge in [0, 0.05) is 30.0 Å². The number of nitrogens with one attached hydrogen (secondary N) is 1. The molecule has 0 radical (unpaired) electrons. The van der Waals surface area contributed by atoms with Gasteiger partial charge < -0.3 is 40.1 Å². The molecule has 5 N–H and O–H groups in total. The number of aliphatic hydroxyl groups excluding tert-OH is 4. The van der Waals surface area contributed by atoms with E-state index >= 15 is 0 Å². The highest BCUT2D eigenvalue weighted by Crippen LogP contribution is 2.27. The van der Waals surface area contributed by atoms with Crippen molar-refractivity contribution in [3.05, 3.63) is 78.4 Å². The first-order valence-corrected chi connectivity index (χ1v) is 19.1. The standard InChI is InChI=1S/C41H58N4O7/c1-3-5-7-9-11-13-27-45(28-14-12-10-8-6-4-2)34-23-19-33(20-24-34)44-43-32-17-15-30(16-18-32)40(50)42-31-21-25-35(26-22-31)51-41-39(49)38(48)37(47)36(29-46)52-41/h15-26,36-39,41,46-49H,3-14,27-29H2,1-2H3,(H,42,50)/t36-,37+,38+,39-,41-/m1/s1. The third kappa shape index (κ3) is 13.0. The number of hydrogen-bond acceptors (Lipinski definition) is 10. The number of carbonyl (C=O) groups is 1. The number of carbonyl (C=O) groups excluding carboxylic acids is 1. The van der Waals surface area contributed by atoms with Gasteiger partial charge in [-0.15, -0.1) is 0 Å². The lowest BCUT2D eigenvalue weighted by molar-refractivity contribution is -0.277. The fraction of sp³-hybridized carbons (Fsp3) is 0.537. The minimum Gasteiger partial charge on any atom is -0.462 e. The van der Waals surface area contributed by atoms with Gasteiger partial charge in [-0.2, -0.15) is 10.2 Å². The average molecular weight is 719 g/mol. The predicted octanol–water partition coefficient (Wildman–Crippen LogP) is 8.06. The number of nitrogens with zero attached hydrogens (tertiary/aromatic N) is 3. The van der Waals surface area contributed by atoms with E-state index in [1.54, 1.807) is 48.5 Å². The molecular formula is C41H58N4O7. The van der Waals surface area contributed by atoms with Gasteiger partial charge in [-0.25, -0.2) is 0 Å². The van der Waals surface area contributed by atoms with Gasteiger partial charge in [-0.3, -0.25) is 4.79 Å². The largest absolute Gasteiger partial charge is 0.462 e. The van der Waals surface area contributed by atoms with Crippen molar-refractivity contribution >= 4 is 28.7 Å². The first-order valence-electron chi connectivity index (χ1n) is 19.1. The molecule has 0 aromatic heterocycles. The summed E-state index contributed by atoms with van der Waals surface area (Å²) in [6.45, 7) is 6.12. The Morgan fingerprint density at radius 1 is 0.692 bits per heavy atom. The Bertz CT molecular complexity index is 1450. The van der Waals surface area contributed by atoms with Crippen LogP contribution in [-0.4, -0.2) is 76.7 Å². The molecule has 11 nitrogen and oxygen atoms in total. The van der Waals surface area contributed by atoms with Crippen molar-refractivity contribution in [3.63, 3.8) is 0 Å². The number of anilines is 2. The van der Waals surface area contributed by atoms with Gasteiger partial charge in [-0.05, 0) is 85.6 Å². The molecule has 5 atom stereocenters. The molecule has 0 aliphatic carbocycles. The van der Waals surface area contributed by atoms with Gasteiger partial charge in [0.15, 0.2) is 0 Å². The lowest BCUT2D eigenvalue weighted by atomic mass is 9.99. The number of amides is 1. The summed E-state index contributed by atoms with van der Waals surface area (Å²) in [5.74, 6) is -0.0153. The van der Waals surface area contributed by atoms with Crippen molar-refractivity contribution in [2.75, 3.05) is 29.9 Å². The molecule has 3 aromatic carbocycles. The summed E-state index contributed by atoms with van der Waals surface area (Å²) < 4.78 is 11.0. The van der Waals surface area contributed by atoms with Crippen molar-refractivity contribution in [1.82, 2.24) is 0 Å². The molecule has 1 aliphatic rings. The van der Waals surface area contributed by atoms with Gasteiger partial charge in [0.25, 0.3) is 5.91 Å². The highest BCUT2D eigenvalue weighted by atomic mass is 16.7. The second kappa shape index (κ2) is 22.3. The Morgan fingerprint density at radius 2 is 1.21 bits per heavy atom. The molecule has 1 heterocycles. The summed E-state index contributed by atoms with van der Waals surface area (Å²) in [7, 11) is 0. The second-order valence-electron chi connectivity index (χ2n) is 13.6. The van der Waals surface area contributed by atoms with Crippen molar-refractivity contribution in [1.29, 1.82) is 0 Å². The molecule has 0 unspecified atom stereocenters. The summed E-state index contributed by atoms with van der Waals surface area (Å²) in [5, 5.41) is 51.1. The zero-order valence-electron chi connectivity index (χ0n) is 30.8. The van der Waals surface area contributed by atoms with Crippen LogP contribution in [0.15, 0.2) is 83.0 Å². The summed E-state index contributed by atoms with van der Waals surface area (Å²) in [6, 6.07) is 21.5. The smallest absolute Gasteiger partial charge is 0.255 e. The Balaban J connectivity index is 1.27. The molecule has 4 rings (SSSR count). The van der Waals surface area contributed by atoms with E-state index in [0.717, 1.165) is 18.8 Å². The zero-order chi connectivity index (χ0) is 37.1. The molecule has 3 aromatic rings. The van der Waals surface area contributed by atoms with Crippen LogP contribution in [0.2, 0.25) is 0 Å². The topological polar surface area (TPSA) is 156 Å². The van der Waals surface area contributed by atoms with Gasteiger partial charge in [-0.1, -0.05) is 78.1 Å². The quantitative estimate of drug-likeness (QED) is 0.0516. The third-order valence-electron chi connectivity index (χ3n) is 9.40. The van der Waals surface area contributed by atoms with Gasteiger partial charge in [0.2, 0.25) is 6.29 Å². The van der Waals surface area contributed by atoms with E-state index in [0.29, 0.717) is 22.7 Å². The zero-order valence-corrected chi connectivity index (χ0v) is 30.8. The van der Waals surface area contributed by atoms with Gasteiger partial charge in [0.1, 0.15) is 30.2 Å². The SMILES string of the molecule is CCCCCCCCN(CCCCCCCC)c1ccc(N=Nc2ccc(C(=O)Nc3ccc(O[C@@H]4O[C@H](CO)[C@H](O)[C@H](O)[C@H]4O)cc3)cc2)cc1. The van der Waals surface area contributed by atoms with Gasteiger partial charge >= 0.3 is 0 Å². The summed E-state index contributed by atoms with van der Waals surface area (Å²) in [4.78, 5) is 15.4. The van der Waals surface area contributed by atoms with E-state index in [2.05, 4.69) is 46.4 Å². The van der Waals surface area contributed by atoms with E-state index in [1.807, 2.05) is 12.1 Å². The predicted molar refractivity (Wildman–Crippen MR) is 205 cm³/mol. The summed E-state index contributed by atoms with van der Waals surface area (Å²) in [5.41, 5.74) is 3.58. The molecule has 52 heavy (non-hydrogen) atoms. The molecule has 11 heteroatoms. The lowest BCUT2D eigenvalue weighted by Gasteiger charge is -2.39. The van der Waals surface area contributed by atoms with Gasteiger partial charge in [0.05, 0.1) is 18.0 Å². The number of rotatable bonds is 22. The molecule has 1 aliphatic heterocycles. The van der Waals surface area contributed by atoms with E-state index in [4.69, 9.17) is 9.47 Å². The van der Waals surface area contributed by atoms with E-state index in [1.165, 1.54) is 82.7 Å². The Morgan fingerprint density at radius 3 is 1.75 bits per heavy atom. The minimum absolute atomic E-state index is 0.297. The molecule has 1 fully saturated rings. The van der Waals surface area contributed by atoms with Crippen LogP contribution in [0.4, 0.5) is 22.7 Å². The second-order valence-corrected chi connectivity index (χ2v) is 13.6. The van der Waals surface area contributed by atoms with Crippen LogP contribution >= 0.6 is 0 Å². The van der Waals surface area contributed by atoms with Crippen molar-refractivity contribution in [3.8, 4) is 5.75 Å². The number of hydrogen-bond donors (Lipinski definition) is 5. The number of aliphatic hydroxyl groups is 4. The summed E-state index contributed by atoms with van der Waals surface area (Å²) >= 11 is 0. The maximum atomic E-state index is 12.9. The number of unbranched alkanes of at least 4 members (excludes halogenated alkanes) is 10. The monoisotopic (exact) mass is 718 g/mol. The Labute approximate surface area is 308 Å². The van der Waals surface area contributed by atoms with Crippen LogP contribution in [0.1, 0.15) is 101 Å². The van der Waals surface area contributed by atoms with Crippen molar-refractivity contribution < 1.29 is 34.7 Å². The highest BCUT2D eigenvalue weighted by Gasteiger charge is 2.44. The third-order valence-corrected chi connectivity index (χ3v) is 9.40. The van der Waals surface area contributed by atoms with Crippen LogP contribution in [0.25, 0.3) is 0 Å². The number of azo groups is 1. The average Bonchev–Trinajstić information content (AvgIpc) is 3.17. The fourth-order valence-electron chi connectivity index (χ4n) is 6.18. The molecule has 0 saturated carbocycles. The van der Waals surface area contributed by atoms with Crippen LogP contribution < -0.4 is 15.0 Å². The lowest BCUT2D eigenvalue weighted by Crippen LogP contribution is -2.60. The number of ether oxygens (including phenoxy) is 2. The first kappa shape index (κ1) is 40.9. The number of benzene rings is 3. The first-order chi connectivity index (χ1) is 25.3. The van der Waals surface area contributed by atoms with E-state index in [9.17, 15) is 25.2 Å². The molecule has 1 amide bonds. The normalized spacial score (nSPS) is 20.2. The van der Waals surface area contributed by atoms with Crippen LogP contribution in [0, 0.1) is 0 Å². The maximum absolute atomic E-state index is 12.9. The molecule has 1 saturated heterocycles. The van der Waals surface area contributed by atoms with Crippen LogP contribution in [0.3, 0.4) is 0 Å². The fourth-order valence-corrected chi connectivity index (χ4v) is 6.18. The van der Waals surface area contributed by atoms with Crippen molar-refractivity contribution in [2.45, 2.75) is 122 Å². The van der Waals surface area contributed by atoms with Crippen molar-refractivity contribution in [2.24, 2.45) is 10.2 Å². The molecule has 0 bridgehead atoms. The van der Waals surface area contributed by atoms with E-state index < -0.39 is 37.3 Å². The Kier molecular flexibility index (Phi) is 17.5. The van der Waals surface area contributed by atoms with E-state index in [-0.39, 0.29) is 5.91 Å². The van der Waals surface area contributed by atoms with Crippen LogP contribution in [-0.2, 0) is 4.74 Å². The minimum atomic E-state index is -1.54. The molecule has 284 valence electrons.